The minimum Gasteiger partial charge on any atom is -0.478 e. The Hall–Kier alpha value is -3.08. The Labute approximate surface area is 146 Å². The predicted molar refractivity (Wildman–Crippen MR) is 94.4 cm³/mol. The molecule has 3 rings (SSSR count). The van der Waals surface area contributed by atoms with Crippen LogP contribution >= 0.6 is 0 Å². The molecule has 5 nitrogen and oxygen atoms in total. The van der Waals surface area contributed by atoms with E-state index in [4.69, 9.17) is 9.84 Å². The third-order valence-electron chi connectivity index (χ3n) is 4.12. The van der Waals surface area contributed by atoms with Crippen molar-refractivity contribution in [1.29, 1.82) is 0 Å². The van der Waals surface area contributed by atoms with Crippen LogP contribution in [0.15, 0.2) is 66.7 Å². The van der Waals surface area contributed by atoms with E-state index >= 15 is 0 Å². The molecule has 1 heterocycles. The average Bonchev–Trinajstić information content (AvgIpc) is 2.64. The number of rotatable bonds is 4. The molecule has 1 N–H and O–H groups in total. The zero-order valence-corrected chi connectivity index (χ0v) is 13.7. The van der Waals surface area contributed by atoms with Crippen LogP contribution in [0.2, 0.25) is 0 Å². The highest BCUT2D eigenvalue weighted by Gasteiger charge is 2.28. The average molecular weight is 337 g/mol. The lowest BCUT2D eigenvalue weighted by molar-refractivity contribution is -0.131. The molecule has 1 amide bonds. The lowest BCUT2D eigenvalue weighted by Gasteiger charge is -2.32. The molecule has 2 aromatic carbocycles. The molecule has 0 spiro atoms. The molecule has 0 bridgehead atoms. The molecule has 128 valence electrons. The van der Waals surface area contributed by atoms with Crippen LogP contribution in [0.5, 0.6) is 0 Å². The molecule has 0 saturated carbocycles. The van der Waals surface area contributed by atoms with Crippen molar-refractivity contribution in [1.82, 2.24) is 0 Å². The quantitative estimate of drug-likeness (QED) is 0.865. The normalized spacial score (nSPS) is 16.5. The van der Waals surface area contributed by atoms with Crippen LogP contribution in [0.1, 0.15) is 11.1 Å². The largest absolute Gasteiger partial charge is 0.478 e. The molecule has 1 atom stereocenters. The maximum absolute atomic E-state index is 12.6. The van der Waals surface area contributed by atoms with Crippen molar-refractivity contribution in [2.75, 3.05) is 11.4 Å². The molecule has 0 aliphatic carbocycles. The summed E-state index contributed by atoms with van der Waals surface area (Å²) in [6, 6.07) is 17.1. The van der Waals surface area contributed by atoms with E-state index in [1.54, 1.807) is 11.0 Å². The number of anilines is 1. The number of carboxylic acid groups (broad SMARTS) is 1. The molecule has 1 aliphatic rings. The van der Waals surface area contributed by atoms with Crippen molar-refractivity contribution < 1.29 is 19.4 Å². The first-order valence-electron chi connectivity index (χ1n) is 8.11. The fraction of sp³-hybridized carbons (Fsp3) is 0.200. The number of aliphatic carboxylic acids is 1. The van der Waals surface area contributed by atoms with Crippen LogP contribution in [0, 0.1) is 5.92 Å². The maximum Gasteiger partial charge on any atom is 0.414 e. The van der Waals surface area contributed by atoms with Crippen molar-refractivity contribution in [2.45, 2.75) is 13.0 Å². The fourth-order valence-corrected chi connectivity index (χ4v) is 2.94. The number of hydrogen-bond acceptors (Lipinski definition) is 3. The Morgan fingerprint density at radius 3 is 2.60 bits per heavy atom. The zero-order valence-electron chi connectivity index (χ0n) is 13.7. The van der Waals surface area contributed by atoms with Gasteiger partial charge >= 0.3 is 12.1 Å². The Bertz CT molecular complexity index is 785. The lowest BCUT2D eigenvalue weighted by Crippen LogP contribution is -2.39. The summed E-state index contributed by atoms with van der Waals surface area (Å²) in [5, 5.41) is 8.83. The summed E-state index contributed by atoms with van der Waals surface area (Å²) in [6.07, 6.45) is 3.04. The highest BCUT2D eigenvalue weighted by Crippen LogP contribution is 2.30. The van der Waals surface area contributed by atoms with Gasteiger partial charge in [0, 0.05) is 12.6 Å². The highest BCUT2D eigenvalue weighted by molar-refractivity contribution is 5.89. The zero-order chi connectivity index (χ0) is 17.6. The molecule has 0 saturated heterocycles. The van der Waals surface area contributed by atoms with Crippen LogP contribution in [-0.4, -0.2) is 23.7 Å². The van der Waals surface area contributed by atoms with Crippen LogP contribution in [0.3, 0.4) is 0 Å². The number of carbonyl (C=O) groups is 2. The first-order valence-corrected chi connectivity index (χ1v) is 8.11. The Morgan fingerprint density at radius 2 is 1.84 bits per heavy atom. The molecular weight excluding hydrogens is 318 g/mol. The number of carboxylic acids is 1. The molecule has 1 aliphatic heterocycles. The standard InChI is InChI=1S/C20H19NO4/c22-19(23)11-10-16-12-17-8-4-5-9-18(17)21(13-16)20(24)25-14-15-6-2-1-3-7-15/h1-11,16H,12-14H2,(H,22,23)/t16-/m0/s1. The van der Waals surface area contributed by atoms with Crippen molar-refractivity contribution in [3.05, 3.63) is 77.9 Å². The van der Waals surface area contributed by atoms with Gasteiger partial charge in [0.2, 0.25) is 0 Å². The van der Waals surface area contributed by atoms with E-state index in [9.17, 15) is 9.59 Å². The molecule has 0 unspecified atom stereocenters. The predicted octanol–water partition coefficient (Wildman–Crippen LogP) is 3.64. The van der Waals surface area contributed by atoms with Crippen molar-refractivity contribution >= 4 is 17.7 Å². The number of benzene rings is 2. The van der Waals surface area contributed by atoms with Crippen LogP contribution in [0.25, 0.3) is 0 Å². The molecule has 25 heavy (non-hydrogen) atoms. The second-order valence-electron chi connectivity index (χ2n) is 5.94. The number of ether oxygens (including phenoxy) is 1. The maximum atomic E-state index is 12.6. The van der Waals surface area contributed by atoms with Crippen molar-refractivity contribution in [3.8, 4) is 0 Å². The summed E-state index contributed by atoms with van der Waals surface area (Å²) < 4.78 is 5.44. The SMILES string of the molecule is O=C(O)C=C[C@H]1Cc2ccccc2N(C(=O)OCc2ccccc2)C1. The van der Waals surface area contributed by atoms with Gasteiger partial charge in [-0.3, -0.25) is 4.90 Å². The molecular formula is C20H19NO4. The first-order chi connectivity index (χ1) is 12.1. The van der Waals surface area contributed by atoms with E-state index in [1.807, 2.05) is 54.6 Å². The van der Waals surface area contributed by atoms with Gasteiger partial charge < -0.3 is 9.84 Å². The fourth-order valence-electron chi connectivity index (χ4n) is 2.94. The summed E-state index contributed by atoms with van der Waals surface area (Å²) in [4.78, 5) is 24.9. The van der Waals surface area contributed by atoms with E-state index < -0.39 is 12.1 Å². The summed E-state index contributed by atoms with van der Waals surface area (Å²) in [5.74, 6) is -1.05. The minimum atomic E-state index is -0.989. The Kier molecular flexibility index (Phi) is 5.14. The van der Waals surface area contributed by atoms with Crippen LogP contribution < -0.4 is 4.90 Å². The number of hydrogen-bond donors (Lipinski definition) is 1. The number of nitrogens with zero attached hydrogens (tertiary/aromatic N) is 1. The van der Waals surface area contributed by atoms with Gasteiger partial charge in [0.25, 0.3) is 0 Å². The van der Waals surface area contributed by atoms with Crippen molar-refractivity contribution in [2.24, 2.45) is 5.92 Å². The summed E-state index contributed by atoms with van der Waals surface area (Å²) in [6.45, 7) is 0.600. The van der Waals surface area contributed by atoms with Crippen molar-refractivity contribution in [3.63, 3.8) is 0 Å². The van der Waals surface area contributed by atoms with Crippen LogP contribution in [-0.2, 0) is 22.6 Å². The summed E-state index contributed by atoms with van der Waals surface area (Å²) in [5.41, 5.74) is 2.74. The third-order valence-corrected chi connectivity index (χ3v) is 4.12. The van der Waals surface area contributed by atoms with E-state index in [-0.39, 0.29) is 12.5 Å². The molecule has 0 fully saturated rings. The minimum absolute atomic E-state index is 0.0599. The van der Waals surface area contributed by atoms with E-state index in [0.717, 1.165) is 22.9 Å². The summed E-state index contributed by atoms with van der Waals surface area (Å²) in [7, 11) is 0. The molecule has 2 aromatic rings. The third kappa shape index (κ3) is 4.26. The van der Waals surface area contributed by atoms with Gasteiger partial charge in [0.15, 0.2) is 0 Å². The van der Waals surface area contributed by atoms with Gasteiger partial charge in [-0.25, -0.2) is 9.59 Å². The van der Waals surface area contributed by atoms with Gasteiger partial charge in [0.1, 0.15) is 6.61 Å². The van der Waals surface area contributed by atoms with Gasteiger partial charge in [-0.1, -0.05) is 54.6 Å². The number of para-hydroxylation sites is 1. The molecule has 0 aromatic heterocycles. The molecule has 5 heteroatoms. The topological polar surface area (TPSA) is 66.8 Å². The smallest absolute Gasteiger partial charge is 0.414 e. The lowest BCUT2D eigenvalue weighted by atomic mass is 9.92. The second-order valence-corrected chi connectivity index (χ2v) is 5.94. The van der Waals surface area contributed by atoms with Gasteiger partial charge in [-0.15, -0.1) is 0 Å². The van der Waals surface area contributed by atoms with E-state index in [1.165, 1.54) is 0 Å². The van der Waals surface area contributed by atoms with Crippen LogP contribution in [0.4, 0.5) is 10.5 Å². The first kappa shape index (κ1) is 16.8. The highest BCUT2D eigenvalue weighted by atomic mass is 16.6. The van der Waals surface area contributed by atoms with Gasteiger partial charge in [0.05, 0.1) is 5.69 Å². The Balaban J connectivity index is 1.75. The van der Waals surface area contributed by atoms with E-state index in [0.29, 0.717) is 13.0 Å². The number of fused-ring (bicyclic) bond motifs is 1. The van der Waals surface area contributed by atoms with E-state index in [2.05, 4.69) is 0 Å². The summed E-state index contributed by atoms with van der Waals surface area (Å²) >= 11 is 0. The van der Waals surface area contributed by atoms with Gasteiger partial charge in [-0.05, 0) is 29.5 Å². The van der Waals surface area contributed by atoms with Gasteiger partial charge in [-0.2, -0.15) is 0 Å². The second kappa shape index (κ2) is 7.66. The monoisotopic (exact) mass is 337 g/mol. The number of amides is 1. The molecule has 0 radical (unpaired) electrons. The number of carbonyl (C=O) groups excluding carboxylic acids is 1. The Morgan fingerprint density at radius 1 is 1.12 bits per heavy atom.